The van der Waals surface area contributed by atoms with Gasteiger partial charge >= 0.3 is 0 Å². The SMILES string of the molecule is COc1ccc(C(=O)N2CCN(C(C)=O)[C@H]3CS(=O)(=O)C[C@H]32)cc1Cl. The Hall–Kier alpha value is -1.80. The number of fused-ring (bicyclic) bond motifs is 1. The maximum absolute atomic E-state index is 12.9. The molecule has 2 amide bonds. The lowest BCUT2D eigenvalue weighted by Gasteiger charge is -2.43. The van der Waals surface area contributed by atoms with Gasteiger partial charge < -0.3 is 14.5 Å². The summed E-state index contributed by atoms with van der Waals surface area (Å²) in [5.74, 6) is -0.242. The van der Waals surface area contributed by atoms with Gasteiger partial charge in [0.05, 0.1) is 35.7 Å². The highest BCUT2D eigenvalue weighted by molar-refractivity contribution is 7.91. The van der Waals surface area contributed by atoms with E-state index >= 15 is 0 Å². The minimum absolute atomic E-state index is 0.107. The summed E-state index contributed by atoms with van der Waals surface area (Å²) in [5.41, 5.74) is 0.366. The number of hydrogen-bond donors (Lipinski definition) is 0. The van der Waals surface area contributed by atoms with Gasteiger partial charge in [0.15, 0.2) is 9.84 Å². The fraction of sp³-hybridized carbons (Fsp3) is 0.500. The average molecular weight is 387 g/mol. The third kappa shape index (κ3) is 3.32. The van der Waals surface area contributed by atoms with Crippen molar-refractivity contribution >= 4 is 33.3 Å². The first-order valence-corrected chi connectivity index (χ1v) is 10.1. The Bertz CT molecular complexity index is 826. The van der Waals surface area contributed by atoms with Crippen molar-refractivity contribution < 1.29 is 22.7 Å². The second-order valence-corrected chi connectivity index (χ2v) is 8.83. The zero-order valence-electron chi connectivity index (χ0n) is 13.9. The number of amides is 2. The van der Waals surface area contributed by atoms with Crippen LogP contribution in [-0.4, -0.2) is 73.8 Å². The second kappa shape index (κ2) is 6.49. The Kier molecular flexibility index (Phi) is 4.68. The van der Waals surface area contributed by atoms with Crippen LogP contribution in [0.2, 0.25) is 5.02 Å². The molecule has 136 valence electrons. The Morgan fingerprint density at radius 3 is 2.32 bits per heavy atom. The molecule has 0 radical (unpaired) electrons. The summed E-state index contributed by atoms with van der Waals surface area (Å²) in [4.78, 5) is 27.8. The molecule has 0 spiro atoms. The van der Waals surface area contributed by atoms with Crippen molar-refractivity contribution in [1.82, 2.24) is 9.80 Å². The van der Waals surface area contributed by atoms with Crippen LogP contribution in [0.5, 0.6) is 5.75 Å². The van der Waals surface area contributed by atoms with E-state index in [0.717, 1.165) is 0 Å². The van der Waals surface area contributed by atoms with Gasteiger partial charge in [-0.25, -0.2) is 8.42 Å². The van der Waals surface area contributed by atoms with E-state index in [9.17, 15) is 18.0 Å². The van der Waals surface area contributed by atoms with E-state index in [4.69, 9.17) is 16.3 Å². The first kappa shape index (κ1) is 18.0. The van der Waals surface area contributed by atoms with Crippen LogP contribution in [0.4, 0.5) is 0 Å². The van der Waals surface area contributed by atoms with Crippen molar-refractivity contribution in [2.45, 2.75) is 19.0 Å². The Morgan fingerprint density at radius 2 is 1.76 bits per heavy atom. The van der Waals surface area contributed by atoms with Gasteiger partial charge in [0.25, 0.3) is 5.91 Å². The van der Waals surface area contributed by atoms with Gasteiger partial charge in [0.2, 0.25) is 5.91 Å². The molecule has 0 aromatic heterocycles. The highest BCUT2D eigenvalue weighted by Gasteiger charge is 2.48. The monoisotopic (exact) mass is 386 g/mol. The molecule has 1 aromatic rings. The molecule has 3 rings (SSSR count). The molecular weight excluding hydrogens is 368 g/mol. The van der Waals surface area contributed by atoms with Crippen molar-refractivity contribution in [2.24, 2.45) is 0 Å². The molecule has 2 aliphatic heterocycles. The van der Waals surface area contributed by atoms with Crippen molar-refractivity contribution in [3.63, 3.8) is 0 Å². The number of nitrogens with zero attached hydrogens (tertiary/aromatic N) is 2. The van der Waals surface area contributed by atoms with E-state index < -0.39 is 21.9 Å². The minimum atomic E-state index is -3.30. The second-order valence-electron chi connectivity index (χ2n) is 6.27. The predicted molar refractivity (Wildman–Crippen MR) is 92.7 cm³/mol. The number of carbonyl (C=O) groups is 2. The number of rotatable bonds is 2. The maximum Gasteiger partial charge on any atom is 0.254 e. The molecule has 0 unspecified atom stereocenters. The quantitative estimate of drug-likeness (QED) is 0.751. The lowest BCUT2D eigenvalue weighted by atomic mass is 10.0. The molecule has 2 heterocycles. The number of benzene rings is 1. The predicted octanol–water partition coefficient (Wildman–Crippen LogP) is 0.819. The third-order valence-corrected chi connectivity index (χ3v) is 6.73. The van der Waals surface area contributed by atoms with Crippen molar-refractivity contribution in [2.75, 3.05) is 31.7 Å². The van der Waals surface area contributed by atoms with E-state index in [1.807, 2.05) is 0 Å². The Labute approximate surface area is 151 Å². The van der Waals surface area contributed by atoms with E-state index in [0.29, 0.717) is 29.4 Å². The van der Waals surface area contributed by atoms with E-state index in [1.165, 1.54) is 20.1 Å². The molecule has 2 fully saturated rings. The lowest BCUT2D eigenvalue weighted by molar-refractivity contribution is -0.133. The average Bonchev–Trinajstić information content (AvgIpc) is 2.87. The van der Waals surface area contributed by atoms with Crippen molar-refractivity contribution in [3.05, 3.63) is 28.8 Å². The number of piperazine rings is 1. The largest absolute Gasteiger partial charge is 0.495 e. The van der Waals surface area contributed by atoms with E-state index in [-0.39, 0.29) is 23.3 Å². The summed E-state index contributed by atoms with van der Waals surface area (Å²) >= 11 is 6.09. The lowest BCUT2D eigenvalue weighted by Crippen LogP contribution is -2.61. The zero-order valence-corrected chi connectivity index (χ0v) is 15.5. The highest BCUT2D eigenvalue weighted by atomic mass is 35.5. The number of carbonyl (C=O) groups excluding carboxylic acids is 2. The summed E-state index contributed by atoms with van der Waals surface area (Å²) in [6, 6.07) is 3.69. The fourth-order valence-corrected chi connectivity index (χ4v) is 5.80. The summed E-state index contributed by atoms with van der Waals surface area (Å²) in [7, 11) is -1.81. The van der Waals surface area contributed by atoms with E-state index in [1.54, 1.807) is 21.9 Å². The molecule has 7 nitrogen and oxygen atoms in total. The third-order valence-electron chi connectivity index (χ3n) is 4.74. The molecule has 2 aliphatic rings. The molecule has 0 N–H and O–H groups in total. The molecule has 1 aromatic carbocycles. The Morgan fingerprint density at radius 1 is 1.16 bits per heavy atom. The van der Waals surface area contributed by atoms with Gasteiger partial charge in [-0.05, 0) is 18.2 Å². The maximum atomic E-state index is 12.9. The number of hydrogen-bond acceptors (Lipinski definition) is 5. The van der Waals surface area contributed by atoms with Crippen molar-refractivity contribution in [1.29, 1.82) is 0 Å². The number of methoxy groups -OCH3 is 1. The Balaban J connectivity index is 1.91. The minimum Gasteiger partial charge on any atom is -0.495 e. The first-order valence-electron chi connectivity index (χ1n) is 7.85. The van der Waals surface area contributed by atoms with Gasteiger partial charge in [-0.3, -0.25) is 9.59 Å². The molecule has 0 aliphatic carbocycles. The van der Waals surface area contributed by atoms with Crippen LogP contribution in [0, 0.1) is 0 Å². The van der Waals surface area contributed by atoms with Crippen LogP contribution >= 0.6 is 11.6 Å². The molecular formula is C16H19ClN2O5S. The van der Waals surface area contributed by atoms with Gasteiger partial charge in [0, 0.05) is 25.6 Å². The standard InChI is InChI=1S/C16H19ClN2O5S/c1-10(20)18-5-6-19(14-9-25(22,23)8-13(14)18)16(21)11-3-4-15(24-2)12(17)7-11/h3-4,7,13-14H,5-6,8-9H2,1-2H3/t13-,14+/m0/s1. The van der Waals surface area contributed by atoms with Gasteiger partial charge in [0.1, 0.15) is 5.75 Å². The molecule has 0 saturated carbocycles. The number of halogens is 1. The van der Waals surface area contributed by atoms with Gasteiger partial charge in [-0.2, -0.15) is 0 Å². The molecule has 9 heteroatoms. The molecule has 25 heavy (non-hydrogen) atoms. The van der Waals surface area contributed by atoms with Crippen LogP contribution in [0.3, 0.4) is 0 Å². The van der Waals surface area contributed by atoms with Crippen LogP contribution in [0.25, 0.3) is 0 Å². The fourth-order valence-electron chi connectivity index (χ4n) is 3.56. The van der Waals surface area contributed by atoms with Crippen LogP contribution < -0.4 is 4.74 Å². The summed E-state index contributed by atoms with van der Waals surface area (Å²) in [6.45, 7) is 2.03. The first-order chi connectivity index (χ1) is 11.7. The van der Waals surface area contributed by atoms with Gasteiger partial charge in [-0.15, -0.1) is 0 Å². The zero-order chi connectivity index (χ0) is 18.4. The van der Waals surface area contributed by atoms with Crippen LogP contribution in [-0.2, 0) is 14.6 Å². The summed E-state index contributed by atoms with van der Waals surface area (Å²) in [5, 5.41) is 0.311. The van der Waals surface area contributed by atoms with Crippen LogP contribution in [0.1, 0.15) is 17.3 Å². The molecule has 0 bridgehead atoms. The van der Waals surface area contributed by atoms with E-state index in [2.05, 4.69) is 0 Å². The normalized spacial score (nSPS) is 24.8. The molecule has 2 atom stereocenters. The summed E-state index contributed by atoms with van der Waals surface area (Å²) < 4.78 is 29.3. The summed E-state index contributed by atoms with van der Waals surface area (Å²) in [6.07, 6.45) is 0. The van der Waals surface area contributed by atoms with Gasteiger partial charge in [-0.1, -0.05) is 11.6 Å². The number of ether oxygens (including phenoxy) is 1. The van der Waals surface area contributed by atoms with Crippen LogP contribution in [0.15, 0.2) is 18.2 Å². The molecule has 2 saturated heterocycles. The van der Waals surface area contributed by atoms with Crippen molar-refractivity contribution in [3.8, 4) is 5.75 Å². The topological polar surface area (TPSA) is 84.0 Å². The smallest absolute Gasteiger partial charge is 0.254 e. The number of sulfone groups is 1. The highest BCUT2D eigenvalue weighted by Crippen LogP contribution is 2.30.